The van der Waals surface area contributed by atoms with Crippen molar-refractivity contribution in [2.24, 2.45) is 24.6 Å². The molecule has 21 heavy (non-hydrogen) atoms. The number of nitrogens with zero attached hydrogens (tertiary/aromatic N) is 2. The number of aryl methyl sites for hydroxylation is 1. The van der Waals surface area contributed by atoms with Gasteiger partial charge in [0.05, 0.1) is 17.5 Å². The van der Waals surface area contributed by atoms with E-state index in [2.05, 4.69) is 4.98 Å². The summed E-state index contributed by atoms with van der Waals surface area (Å²) in [4.78, 5) is 17.1. The van der Waals surface area contributed by atoms with Crippen LogP contribution in [-0.2, 0) is 18.3 Å². The van der Waals surface area contributed by atoms with E-state index in [9.17, 15) is 4.79 Å². The van der Waals surface area contributed by atoms with Crippen LogP contribution in [0.2, 0.25) is 0 Å². The Kier molecular flexibility index (Phi) is 4.06. The quantitative estimate of drug-likeness (QED) is 0.938. The molecule has 0 radical (unpaired) electrons. The van der Waals surface area contributed by atoms with Crippen LogP contribution in [0, 0.1) is 11.8 Å². The fourth-order valence-electron chi connectivity index (χ4n) is 3.37. The molecular formula is C17H23N3O. The molecule has 1 aliphatic carbocycles. The second-order valence-electron chi connectivity index (χ2n) is 6.17. The third-order valence-corrected chi connectivity index (χ3v) is 4.85. The Morgan fingerprint density at radius 2 is 2.00 bits per heavy atom. The number of hydrogen-bond acceptors (Lipinski definition) is 3. The highest BCUT2D eigenvalue weighted by Gasteiger charge is 2.26. The van der Waals surface area contributed by atoms with Gasteiger partial charge in [0.25, 0.3) is 0 Å². The van der Waals surface area contributed by atoms with E-state index in [1.54, 1.807) is 0 Å². The fraction of sp³-hybridized carbons (Fsp3) is 0.529. The molecule has 4 heteroatoms. The van der Waals surface area contributed by atoms with Crippen molar-refractivity contribution in [3.63, 3.8) is 0 Å². The molecule has 0 saturated heterocycles. The number of fused-ring (bicyclic) bond motifs is 1. The van der Waals surface area contributed by atoms with Crippen molar-refractivity contribution < 1.29 is 4.79 Å². The number of carbonyl (C=O) groups excluding carboxylic acids is 1. The number of benzene rings is 1. The molecule has 1 saturated carbocycles. The Morgan fingerprint density at radius 1 is 1.29 bits per heavy atom. The molecule has 0 spiro atoms. The summed E-state index contributed by atoms with van der Waals surface area (Å²) in [7, 11) is 1.99. The lowest BCUT2D eigenvalue weighted by molar-refractivity contribution is -0.123. The summed E-state index contributed by atoms with van der Waals surface area (Å²) in [6.45, 7) is 0.756. The van der Waals surface area contributed by atoms with E-state index in [-0.39, 0.29) is 5.92 Å². The van der Waals surface area contributed by atoms with E-state index in [1.807, 2.05) is 35.9 Å². The fourth-order valence-corrected chi connectivity index (χ4v) is 3.37. The highest BCUT2D eigenvalue weighted by atomic mass is 16.1. The minimum atomic E-state index is 0.201. The number of rotatable bonds is 4. The van der Waals surface area contributed by atoms with Gasteiger partial charge in [0, 0.05) is 13.0 Å². The Hall–Kier alpha value is -1.68. The van der Waals surface area contributed by atoms with Gasteiger partial charge in [-0.05, 0) is 50.3 Å². The van der Waals surface area contributed by atoms with Crippen molar-refractivity contribution in [3.05, 3.63) is 30.1 Å². The molecule has 1 aromatic heterocycles. The summed E-state index contributed by atoms with van der Waals surface area (Å²) in [5.41, 5.74) is 7.77. The lowest BCUT2D eigenvalue weighted by Crippen LogP contribution is -2.27. The van der Waals surface area contributed by atoms with E-state index in [0.29, 0.717) is 18.1 Å². The molecule has 0 bridgehead atoms. The molecule has 0 unspecified atom stereocenters. The van der Waals surface area contributed by atoms with Crippen LogP contribution in [0.25, 0.3) is 11.0 Å². The highest BCUT2D eigenvalue weighted by Crippen LogP contribution is 2.29. The predicted molar refractivity (Wildman–Crippen MR) is 83.9 cm³/mol. The minimum absolute atomic E-state index is 0.201. The maximum atomic E-state index is 12.5. The number of carbonyl (C=O) groups is 1. The Balaban J connectivity index is 1.70. The van der Waals surface area contributed by atoms with Crippen LogP contribution in [-0.4, -0.2) is 21.9 Å². The van der Waals surface area contributed by atoms with Gasteiger partial charge in [0.1, 0.15) is 11.6 Å². The number of aromatic nitrogens is 2. The summed E-state index contributed by atoms with van der Waals surface area (Å²) >= 11 is 0. The molecule has 0 amide bonds. The zero-order valence-corrected chi connectivity index (χ0v) is 12.6. The first-order valence-corrected chi connectivity index (χ1v) is 7.82. The average molecular weight is 285 g/mol. The second kappa shape index (κ2) is 5.98. The molecule has 1 aliphatic rings. The van der Waals surface area contributed by atoms with Crippen LogP contribution in [0.1, 0.15) is 31.5 Å². The normalized spacial score (nSPS) is 22.6. The van der Waals surface area contributed by atoms with Crippen molar-refractivity contribution >= 4 is 16.8 Å². The third-order valence-electron chi connectivity index (χ3n) is 4.85. The molecular weight excluding hydrogens is 262 g/mol. The van der Waals surface area contributed by atoms with Crippen LogP contribution < -0.4 is 5.73 Å². The third kappa shape index (κ3) is 2.86. The van der Waals surface area contributed by atoms with Gasteiger partial charge in [-0.25, -0.2) is 4.98 Å². The number of ketones is 1. The standard InChI is InChI=1S/C17H23N3O/c1-20-15-5-3-2-4-14(15)19-17(20)10-16(21)13-8-6-12(11-18)7-9-13/h2-5,12-13H,6-11,18H2,1H3. The SMILES string of the molecule is Cn1c(CC(=O)C2CCC(CN)CC2)nc2ccccc21. The van der Waals surface area contributed by atoms with Crippen LogP contribution in [0.5, 0.6) is 0 Å². The highest BCUT2D eigenvalue weighted by molar-refractivity contribution is 5.84. The maximum Gasteiger partial charge on any atom is 0.143 e. The largest absolute Gasteiger partial charge is 0.331 e. The minimum Gasteiger partial charge on any atom is -0.331 e. The maximum absolute atomic E-state index is 12.5. The van der Waals surface area contributed by atoms with Gasteiger partial charge in [0.15, 0.2) is 0 Å². The van der Waals surface area contributed by atoms with Gasteiger partial charge in [-0.2, -0.15) is 0 Å². The van der Waals surface area contributed by atoms with E-state index in [1.165, 1.54) is 0 Å². The van der Waals surface area contributed by atoms with Gasteiger partial charge in [0.2, 0.25) is 0 Å². The van der Waals surface area contributed by atoms with Crippen molar-refractivity contribution in [3.8, 4) is 0 Å². The predicted octanol–water partition coefficient (Wildman–Crippen LogP) is 2.45. The monoisotopic (exact) mass is 285 g/mol. The number of imidazole rings is 1. The molecule has 2 N–H and O–H groups in total. The van der Waals surface area contributed by atoms with Crippen molar-refractivity contribution in [2.45, 2.75) is 32.1 Å². The summed E-state index contributed by atoms with van der Waals surface area (Å²) in [6.07, 6.45) is 4.61. The van der Waals surface area contributed by atoms with E-state index in [0.717, 1.165) is 49.1 Å². The second-order valence-corrected chi connectivity index (χ2v) is 6.17. The first kappa shape index (κ1) is 14.3. The zero-order valence-electron chi connectivity index (χ0n) is 12.6. The van der Waals surface area contributed by atoms with Gasteiger partial charge in [-0.15, -0.1) is 0 Å². The molecule has 3 rings (SSSR count). The number of Topliss-reactive ketones (excluding diaryl/α,β-unsaturated/α-hetero) is 1. The first-order chi connectivity index (χ1) is 10.2. The summed E-state index contributed by atoms with van der Waals surface area (Å²) in [5, 5.41) is 0. The Labute approximate surface area is 125 Å². The van der Waals surface area contributed by atoms with Gasteiger partial charge in [-0.1, -0.05) is 12.1 Å². The summed E-state index contributed by atoms with van der Waals surface area (Å²) in [6, 6.07) is 8.03. The summed E-state index contributed by atoms with van der Waals surface area (Å²) in [5.74, 6) is 2.03. The van der Waals surface area contributed by atoms with Crippen LogP contribution in [0.4, 0.5) is 0 Å². The number of nitrogens with two attached hydrogens (primary N) is 1. The van der Waals surface area contributed by atoms with Crippen molar-refractivity contribution in [2.75, 3.05) is 6.54 Å². The number of hydrogen-bond donors (Lipinski definition) is 1. The Bertz CT molecular complexity index is 639. The molecule has 112 valence electrons. The van der Waals surface area contributed by atoms with E-state index >= 15 is 0 Å². The van der Waals surface area contributed by atoms with E-state index in [4.69, 9.17) is 5.73 Å². The zero-order chi connectivity index (χ0) is 14.8. The summed E-state index contributed by atoms with van der Waals surface area (Å²) < 4.78 is 2.04. The lowest BCUT2D eigenvalue weighted by Gasteiger charge is -2.26. The van der Waals surface area contributed by atoms with Crippen LogP contribution >= 0.6 is 0 Å². The smallest absolute Gasteiger partial charge is 0.143 e. The first-order valence-electron chi connectivity index (χ1n) is 7.82. The van der Waals surface area contributed by atoms with Crippen molar-refractivity contribution in [1.29, 1.82) is 0 Å². The average Bonchev–Trinajstić information content (AvgIpc) is 2.84. The molecule has 1 heterocycles. The van der Waals surface area contributed by atoms with Gasteiger partial charge < -0.3 is 10.3 Å². The molecule has 1 aromatic carbocycles. The van der Waals surface area contributed by atoms with Crippen molar-refractivity contribution in [1.82, 2.24) is 9.55 Å². The molecule has 2 aromatic rings. The lowest BCUT2D eigenvalue weighted by atomic mass is 9.79. The van der Waals surface area contributed by atoms with Crippen LogP contribution in [0.15, 0.2) is 24.3 Å². The van der Waals surface area contributed by atoms with E-state index < -0.39 is 0 Å². The molecule has 0 aliphatic heterocycles. The Morgan fingerprint density at radius 3 is 2.67 bits per heavy atom. The van der Waals surface area contributed by atoms with Gasteiger partial charge >= 0.3 is 0 Å². The number of para-hydroxylation sites is 2. The topological polar surface area (TPSA) is 60.9 Å². The molecule has 1 fully saturated rings. The molecule has 4 nitrogen and oxygen atoms in total. The molecule has 0 atom stereocenters. The van der Waals surface area contributed by atoms with Gasteiger partial charge in [-0.3, -0.25) is 4.79 Å². The van der Waals surface area contributed by atoms with Crippen LogP contribution in [0.3, 0.4) is 0 Å².